The number of sulfonamides is 1. The van der Waals surface area contributed by atoms with E-state index in [-0.39, 0.29) is 24.9 Å². The van der Waals surface area contributed by atoms with Gasteiger partial charge in [0.05, 0.1) is 12.4 Å². The third-order valence-electron chi connectivity index (χ3n) is 3.24. The van der Waals surface area contributed by atoms with Crippen molar-refractivity contribution < 1.29 is 17.9 Å². The molecule has 0 radical (unpaired) electrons. The molecule has 1 saturated carbocycles. The van der Waals surface area contributed by atoms with Gasteiger partial charge in [-0.1, -0.05) is 6.07 Å². The van der Waals surface area contributed by atoms with E-state index in [4.69, 9.17) is 4.74 Å². The van der Waals surface area contributed by atoms with Crippen LogP contribution in [0, 0.1) is 0 Å². The minimum absolute atomic E-state index is 0.0417. The Kier molecular flexibility index (Phi) is 5.30. The van der Waals surface area contributed by atoms with Crippen LogP contribution in [-0.4, -0.2) is 48.6 Å². The average molecular weight is 312 g/mol. The highest BCUT2D eigenvalue weighted by atomic mass is 32.2. The Balaban J connectivity index is 1.99. The summed E-state index contributed by atoms with van der Waals surface area (Å²) in [6, 6.07) is 5.35. The van der Waals surface area contributed by atoms with E-state index in [2.05, 4.69) is 4.98 Å². The maximum absolute atomic E-state index is 12.4. The molecule has 0 aliphatic heterocycles. The molecule has 1 aliphatic rings. The molecular formula is C14H20N2O4S. The van der Waals surface area contributed by atoms with E-state index < -0.39 is 16.0 Å². The molecule has 0 amide bonds. The van der Waals surface area contributed by atoms with E-state index in [1.54, 1.807) is 25.3 Å². The first kappa shape index (κ1) is 15.9. The van der Waals surface area contributed by atoms with Gasteiger partial charge in [-0.15, -0.1) is 0 Å². The van der Waals surface area contributed by atoms with E-state index in [0.717, 1.165) is 18.5 Å². The van der Waals surface area contributed by atoms with Crippen LogP contribution in [-0.2, 0) is 26.0 Å². The maximum atomic E-state index is 12.4. The van der Waals surface area contributed by atoms with Crippen LogP contribution in [0.5, 0.6) is 0 Å². The summed E-state index contributed by atoms with van der Waals surface area (Å²) in [6.07, 6.45) is 3.60. The van der Waals surface area contributed by atoms with Crippen molar-refractivity contribution in [3.05, 3.63) is 30.1 Å². The number of pyridine rings is 1. The SMILES string of the molecule is CCOC(=O)CN(C1CC1)S(=O)(=O)CCc1ccccn1. The van der Waals surface area contributed by atoms with Gasteiger partial charge >= 0.3 is 5.97 Å². The van der Waals surface area contributed by atoms with E-state index in [1.165, 1.54) is 4.31 Å². The molecule has 1 aliphatic carbocycles. The fourth-order valence-corrected chi connectivity index (χ4v) is 3.72. The van der Waals surface area contributed by atoms with Gasteiger partial charge in [0.1, 0.15) is 6.54 Å². The van der Waals surface area contributed by atoms with Crippen LogP contribution in [0.4, 0.5) is 0 Å². The highest BCUT2D eigenvalue weighted by molar-refractivity contribution is 7.89. The lowest BCUT2D eigenvalue weighted by Gasteiger charge is -2.20. The summed E-state index contributed by atoms with van der Waals surface area (Å²) >= 11 is 0. The molecule has 1 fully saturated rings. The molecule has 0 saturated heterocycles. The number of aryl methyl sites for hydroxylation is 1. The van der Waals surface area contributed by atoms with Gasteiger partial charge in [0, 0.05) is 24.4 Å². The smallest absolute Gasteiger partial charge is 0.321 e. The molecule has 1 heterocycles. The molecule has 0 unspecified atom stereocenters. The van der Waals surface area contributed by atoms with Crippen molar-refractivity contribution in [2.24, 2.45) is 0 Å². The van der Waals surface area contributed by atoms with E-state index >= 15 is 0 Å². The first-order valence-electron chi connectivity index (χ1n) is 7.08. The number of hydrogen-bond donors (Lipinski definition) is 0. The molecule has 1 aromatic rings. The fourth-order valence-electron chi connectivity index (χ4n) is 2.05. The summed E-state index contributed by atoms with van der Waals surface area (Å²) in [5.74, 6) is -0.536. The summed E-state index contributed by atoms with van der Waals surface area (Å²) < 4.78 is 31.0. The summed E-state index contributed by atoms with van der Waals surface area (Å²) in [4.78, 5) is 15.7. The topological polar surface area (TPSA) is 76.6 Å². The number of rotatable bonds is 8. The number of hydrogen-bond acceptors (Lipinski definition) is 5. The summed E-state index contributed by atoms with van der Waals surface area (Å²) in [5.41, 5.74) is 0.730. The zero-order chi connectivity index (χ0) is 15.3. The minimum Gasteiger partial charge on any atom is -0.465 e. The van der Waals surface area contributed by atoms with Gasteiger partial charge in [0.2, 0.25) is 10.0 Å². The second kappa shape index (κ2) is 7.00. The van der Waals surface area contributed by atoms with Crippen LogP contribution in [0.3, 0.4) is 0 Å². The Bertz CT molecular complexity index is 570. The van der Waals surface area contributed by atoms with Crippen LogP contribution in [0.2, 0.25) is 0 Å². The lowest BCUT2D eigenvalue weighted by Crippen LogP contribution is -2.40. The zero-order valence-corrected chi connectivity index (χ0v) is 12.9. The monoisotopic (exact) mass is 312 g/mol. The van der Waals surface area contributed by atoms with Crippen LogP contribution in [0.1, 0.15) is 25.5 Å². The molecule has 0 N–H and O–H groups in total. The van der Waals surface area contributed by atoms with Crippen molar-refractivity contribution in [2.75, 3.05) is 18.9 Å². The molecule has 0 atom stereocenters. The second-order valence-corrected chi connectivity index (χ2v) is 7.01. The molecule has 7 heteroatoms. The highest BCUT2D eigenvalue weighted by Crippen LogP contribution is 2.29. The van der Waals surface area contributed by atoms with Gasteiger partial charge in [0.25, 0.3) is 0 Å². The van der Waals surface area contributed by atoms with E-state index in [0.29, 0.717) is 6.42 Å². The third kappa shape index (κ3) is 4.78. The van der Waals surface area contributed by atoms with Crippen molar-refractivity contribution in [1.29, 1.82) is 0 Å². The fraction of sp³-hybridized carbons (Fsp3) is 0.571. The van der Waals surface area contributed by atoms with E-state index in [1.807, 2.05) is 6.07 Å². The predicted molar refractivity (Wildman–Crippen MR) is 78.1 cm³/mol. The summed E-state index contributed by atoms with van der Waals surface area (Å²) in [5, 5.41) is 0. The molecule has 0 bridgehead atoms. The zero-order valence-electron chi connectivity index (χ0n) is 12.1. The summed E-state index contributed by atoms with van der Waals surface area (Å²) in [7, 11) is -3.48. The van der Waals surface area contributed by atoms with Crippen LogP contribution >= 0.6 is 0 Å². The minimum atomic E-state index is -3.48. The lowest BCUT2D eigenvalue weighted by atomic mass is 10.3. The number of carbonyl (C=O) groups excluding carboxylic acids is 1. The number of ether oxygens (including phenoxy) is 1. The molecular weight excluding hydrogens is 292 g/mol. The van der Waals surface area contributed by atoms with Gasteiger partial charge < -0.3 is 4.74 Å². The Labute approximate surface area is 125 Å². The van der Waals surface area contributed by atoms with Crippen LogP contribution < -0.4 is 0 Å². The Morgan fingerprint density at radius 2 is 2.19 bits per heavy atom. The Morgan fingerprint density at radius 1 is 1.43 bits per heavy atom. The normalized spacial score (nSPS) is 15.1. The van der Waals surface area contributed by atoms with Crippen LogP contribution in [0.25, 0.3) is 0 Å². The third-order valence-corrected chi connectivity index (χ3v) is 5.11. The molecule has 0 aromatic carbocycles. The molecule has 116 valence electrons. The Hall–Kier alpha value is -1.47. The van der Waals surface area contributed by atoms with Gasteiger partial charge in [-0.2, -0.15) is 4.31 Å². The van der Waals surface area contributed by atoms with Crippen molar-refractivity contribution in [1.82, 2.24) is 9.29 Å². The van der Waals surface area contributed by atoms with Crippen molar-refractivity contribution >= 4 is 16.0 Å². The predicted octanol–water partition coefficient (Wildman–Crippen LogP) is 0.981. The largest absolute Gasteiger partial charge is 0.465 e. The number of nitrogens with zero attached hydrogens (tertiary/aromatic N) is 2. The van der Waals surface area contributed by atoms with Gasteiger partial charge in [-0.25, -0.2) is 8.42 Å². The van der Waals surface area contributed by atoms with Gasteiger partial charge in [-0.05, 0) is 31.9 Å². The highest BCUT2D eigenvalue weighted by Gasteiger charge is 2.38. The molecule has 6 nitrogen and oxygen atoms in total. The van der Waals surface area contributed by atoms with Gasteiger partial charge in [-0.3, -0.25) is 9.78 Å². The molecule has 0 spiro atoms. The Morgan fingerprint density at radius 3 is 2.76 bits per heavy atom. The van der Waals surface area contributed by atoms with E-state index in [9.17, 15) is 13.2 Å². The quantitative estimate of drug-likeness (QED) is 0.669. The number of carbonyl (C=O) groups is 1. The van der Waals surface area contributed by atoms with Crippen LogP contribution in [0.15, 0.2) is 24.4 Å². The van der Waals surface area contributed by atoms with Crippen molar-refractivity contribution in [3.63, 3.8) is 0 Å². The van der Waals surface area contributed by atoms with Gasteiger partial charge in [0.15, 0.2) is 0 Å². The molecule has 1 aromatic heterocycles. The molecule has 2 rings (SSSR count). The number of esters is 1. The second-order valence-electron chi connectivity index (χ2n) is 4.97. The standard InChI is InChI=1S/C14H20N2O4S/c1-2-20-14(17)11-16(13-6-7-13)21(18,19)10-8-12-5-3-4-9-15-12/h3-5,9,13H,2,6-8,10-11H2,1H3. The maximum Gasteiger partial charge on any atom is 0.321 e. The summed E-state index contributed by atoms with van der Waals surface area (Å²) in [6.45, 7) is 1.77. The number of aromatic nitrogens is 1. The van der Waals surface area contributed by atoms with Crippen molar-refractivity contribution in [3.8, 4) is 0 Å². The first-order valence-corrected chi connectivity index (χ1v) is 8.69. The van der Waals surface area contributed by atoms with Crippen molar-refractivity contribution in [2.45, 2.75) is 32.2 Å². The average Bonchev–Trinajstić information content (AvgIpc) is 3.28. The molecule has 21 heavy (non-hydrogen) atoms. The lowest BCUT2D eigenvalue weighted by molar-refractivity contribution is -0.143. The first-order chi connectivity index (χ1) is 10.0.